The van der Waals surface area contributed by atoms with Gasteiger partial charge in [0.05, 0.1) is 47.5 Å². The van der Waals surface area contributed by atoms with Gasteiger partial charge in [-0.25, -0.2) is 9.79 Å². The van der Waals surface area contributed by atoms with Gasteiger partial charge in [-0.3, -0.25) is 19.5 Å². The first-order valence-electron chi connectivity index (χ1n) is 13.6. The summed E-state index contributed by atoms with van der Waals surface area (Å²) in [6.07, 6.45) is 1.71. The second-order valence-electron chi connectivity index (χ2n) is 9.65. The quantitative estimate of drug-likeness (QED) is 0.146. The normalized spacial score (nSPS) is 14.5. The number of allylic oxidation sites excluding steroid dienone is 1. The second-order valence-corrected chi connectivity index (χ2v) is 10.7. The molecule has 12 heteroatoms. The van der Waals surface area contributed by atoms with Crippen LogP contribution in [-0.2, 0) is 16.1 Å². The fourth-order valence-corrected chi connectivity index (χ4v) is 5.88. The fourth-order valence-electron chi connectivity index (χ4n) is 4.84. The molecular formula is C32H29N3O8S. The third kappa shape index (κ3) is 5.97. The van der Waals surface area contributed by atoms with Gasteiger partial charge in [0.1, 0.15) is 18.4 Å². The van der Waals surface area contributed by atoms with Crippen molar-refractivity contribution in [3.63, 3.8) is 0 Å². The molecule has 3 aromatic carbocycles. The zero-order chi connectivity index (χ0) is 31.4. The van der Waals surface area contributed by atoms with Crippen molar-refractivity contribution in [1.29, 1.82) is 0 Å². The van der Waals surface area contributed by atoms with Crippen molar-refractivity contribution >= 4 is 34.8 Å². The second kappa shape index (κ2) is 13.0. The molecule has 0 saturated heterocycles. The highest BCUT2D eigenvalue weighted by molar-refractivity contribution is 7.07. The molecule has 226 valence electrons. The molecule has 0 saturated carbocycles. The number of nitro benzene ring substituents is 1. The Morgan fingerprint density at radius 1 is 1.07 bits per heavy atom. The van der Waals surface area contributed by atoms with Crippen molar-refractivity contribution in [2.24, 2.45) is 4.99 Å². The van der Waals surface area contributed by atoms with E-state index in [0.29, 0.717) is 10.3 Å². The molecule has 0 amide bonds. The first kappa shape index (κ1) is 30.2. The van der Waals surface area contributed by atoms with Crippen LogP contribution in [0.3, 0.4) is 0 Å². The highest BCUT2D eigenvalue weighted by atomic mass is 32.1. The third-order valence-electron chi connectivity index (χ3n) is 6.99. The van der Waals surface area contributed by atoms with Crippen LogP contribution in [0.2, 0.25) is 0 Å². The molecule has 1 atom stereocenters. The van der Waals surface area contributed by atoms with Crippen molar-refractivity contribution in [1.82, 2.24) is 4.57 Å². The van der Waals surface area contributed by atoms with Crippen LogP contribution in [0, 0.1) is 10.1 Å². The van der Waals surface area contributed by atoms with Crippen LogP contribution >= 0.6 is 11.3 Å². The van der Waals surface area contributed by atoms with Crippen LogP contribution in [0.15, 0.2) is 82.1 Å². The van der Waals surface area contributed by atoms with E-state index in [-0.39, 0.29) is 57.6 Å². The highest BCUT2D eigenvalue weighted by Crippen LogP contribution is 2.43. The molecule has 1 aliphatic heterocycles. The predicted molar refractivity (Wildman–Crippen MR) is 165 cm³/mol. The zero-order valence-corrected chi connectivity index (χ0v) is 25.3. The minimum absolute atomic E-state index is 0.0124. The van der Waals surface area contributed by atoms with Crippen LogP contribution < -0.4 is 29.1 Å². The maximum absolute atomic E-state index is 13.6. The average Bonchev–Trinajstić information content (AvgIpc) is 3.34. The Morgan fingerprint density at radius 3 is 2.43 bits per heavy atom. The molecule has 0 spiro atoms. The van der Waals surface area contributed by atoms with E-state index in [0.717, 1.165) is 22.5 Å². The van der Waals surface area contributed by atoms with E-state index in [9.17, 15) is 19.7 Å². The summed E-state index contributed by atoms with van der Waals surface area (Å²) in [6.45, 7) is 3.46. The fraction of sp³-hybridized carbons (Fsp3) is 0.219. The molecule has 5 rings (SSSR count). The Labute approximate surface area is 256 Å². The third-order valence-corrected chi connectivity index (χ3v) is 7.98. The number of thiazole rings is 1. The Balaban J connectivity index is 1.67. The summed E-state index contributed by atoms with van der Waals surface area (Å²) in [5.41, 5.74) is 1.30. The number of benzene rings is 3. The van der Waals surface area contributed by atoms with Crippen molar-refractivity contribution in [3.05, 3.63) is 119 Å². The Bertz CT molecular complexity index is 1930. The molecule has 2 heterocycles. The summed E-state index contributed by atoms with van der Waals surface area (Å²) < 4.78 is 23.7. The van der Waals surface area contributed by atoms with E-state index in [1.807, 2.05) is 42.5 Å². The lowest BCUT2D eigenvalue weighted by atomic mass is 9.94. The first-order chi connectivity index (χ1) is 21.2. The number of rotatable bonds is 10. The van der Waals surface area contributed by atoms with Gasteiger partial charge in [0, 0.05) is 5.70 Å². The Kier molecular flexibility index (Phi) is 8.91. The number of nitrogens with zero attached hydrogens (tertiary/aromatic N) is 3. The number of nitro groups is 1. The summed E-state index contributed by atoms with van der Waals surface area (Å²) in [5.74, 6) is 0.320. The number of methoxy groups -OCH3 is 2. The van der Waals surface area contributed by atoms with Gasteiger partial charge in [-0.05, 0) is 49.2 Å². The van der Waals surface area contributed by atoms with E-state index >= 15 is 0 Å². The van der Waals surface area contributed by atoms with Crippen molar-refractivity contribution in [2.45, 2.75) is 26.5 Å². The lowest BCUT2D eigenvalue weighted by Crippen LogP contribution is -2.35. The standard InChI is InChI=1S/C32H29N3O8S/c1-5-42-31(37)28-19(2)34-30(36)27(15-20-11-13-22(40-3)14-12-20)44-32(34)33-29(28)23-16-25(41-4)26(17-24(23)35(38)39)43-18-21-9-7-6-8-10-21/h6-17,29H,5,18H2,1-4H3/b27-15-/t29-/m0/s1. The van der Waals surface area contributed by atoms with Gasteiger partial charge in [0.15, 0.2) is 16.3 Å². The molecule has 0 unspecified atom stereocenters. The molecule has 0 N–H and O–H groups in total. The summed E-state index contributed by atoms with van der Waals surface area (Å²) in [5, 5.41) is 12.4. The number of hydrogen-bond acceptors (Lipinski definition) is 10. The van der Waals surface area contributed by atoms with E-state index in [4.69, 9.17) is 23.9 Å². The molecule has 0 fully saturated rings. The molecule has 0 bridgehead atoms. The SMILES string of the molecule is CCOC(=O)C1=C(C)n2c(s/c(=C\c3ccc(OC)cc3)c2=O)=N[C@H]1c1cc(OC)c(OCc2ccccc2)cc1[N+](=O)[O-]. The number of carbonyl (C=O) groups excluding carboxylic acids is 1. The van der Waals surface area contributed by atoms with Gasteiger partial charge < -0.3 is 18.9 Å². The van der Waals surface area contributed by atoms with Crippen LogP contribution in [0.5, 0.6) is 17.2 Å². The number of fused-ring (bicyclic) bond motifs is 1. The Hall–Kier alpha value is -5.23. The number of carbonyl (C=O) groups is 1. The van der Waals surface area contributed by atoms with E-state index in [2.05, 4.69) is 0 Å². The topological polar surface area (TPSA) is 131 Å². The van der Waals surface area contributed by atoms with E-state index in [1.54, 1.807) is 39.2 Å². The molecule has 1 aliphatic rings. The largest absolute Gasteiger partial charge is 0.497 e. The highest BCUT2D eigenvalue weighted by Gasteiger charge is 2.36. The van der Waals surface area contributed by atoms with Gasteiger partial charge in [-0.1, -0.05) is 53.8 Å². The molecular weight excluding hydrogens is 586 g/mol. The van der Waals surface area contributed by atoms with Crippen LogP contribution in [0.25, 0.3) is 11.8 Å². The van der Waals surface area contributed by atoms with E-state index < -0.39 is 16.9 Å². The van der Waals surface area contributed by atoms with Gasteiger partial charge in [-0.15, -0.1) is 0 Å². The lowest BCUT2D eigenvalue weighted by Gasteiger charge is -2.23. The minimum Gasteiger partial charge on any atom is -0.497 e. The predicted octanol–water partition coefficient (Wildman–Crippen LogP) is 4.41. The summed E-state index contributed by atoms with van der Waals surface area (Å²) >= 11 is 1.11. The van der Waals surface area contributed by atoms with Gasteiger partial charge >= 0.3 is 5.97 Å². The molecule has 1 aromatic heterocycles. The van der Waals surface area contributed by atoms with Crippen molar-refractivity contribution < 1.29 is 28.7 Å². The van der Waals surface area contributed by atoms with Gasteiger partial charge in [-0.2, -0.15) is 0 Å². The maximum atomic E-state index is 13.6. The van der Waals surface area contributed by atoms with E-state index in [1.165, 1.54) is 23.8 Å². The zero-order valence-electron chi connectivity index (χ0n) is 24.4. The molecule has 4 aromatic rings. The van der Waals surface area contributed by atoms with Gasteiger partial charge in [0.2, 0.25) is 0 Å². The smallest absolute Gasteiger partial charge is 0.338 e. The van der Waals surface area contributed by atoms with Crippen LogP contribution in [0.4, 0.5) is 5.69 Å². The maximum Gasteiger partial charge on any atom is 0.338 e. The molecule has 0 aliphatic carbocycles. The van der Waals surface area contributed by atoms with Crippen LogP contribution in [-0.4, -0.2) is 36.3 Å². The number of hydrogen-bond donors (Lipinski definition) is 0. The number of ether oxygens (including phenoxy) is 4. The summed E-state index contributed by atoms with van der Waals surface area (Å²) in [4.78, 5) is 43.7. The summed E-state index contributed by atoms with van der Waals surface area (Å²) in [6, 6.07) is 18.1. The van der Waals surface area contributed by atoms with Gasteiger partial charge in [0.25, 0.3) is 11.2 Å². The molecule has 11 nitrogen and oxygen atoms in total. The lowest BCUT2D eigenvalue weighted by molar-refractivity contribution is -0.385. The Morgan fingerprint density at radius 2 is 1.80 bits per heavy atom. The van der Waals surface area contributed by atoms with Crippen molar-refractivity contribution in [2.75, 3.05) is 20.8 Å². The van der Waals surface area contributed by atoms with Crippen LogP contribution in [0.1, 0.15) is 36.6 Å². The molecule has 0 radical (unpaired) electrons. The minimum atomic E-state index is -1.15. The number of esters is 1. The monoisotopic (exact) mass is 615 g/mol. The first-order valence-corrected chi connectivity index (χ1v) is 14.4. The number of aromatic nitrogens is 1. The summed E-state index contributed by atoms with van der Waals surface area (Å²) in [7, 11) is 2.99. The average molecular weight is 616 g/mol. The molecule has 44 heavy (non-hydrogen) atoms. The van der Waals surface area contributed by atoms with Crippen molar-refractivity contribution in [3.8, 4) is 17.2 Å².